The lowest BCUT2D eigenvalue weighted by Crippen LogP contribution is -2.02. The van der Waals surface area contributed by atoms with Gasteiger partial charge in [-0.1, -0.05) is 23.9 Å². The quantitative estimate of drug-likeness (QED) is 0.319. The Morgan fingerprint density at radius 2 is 2.19 bits per heavy atom. The Bertz CT molecular complexity index is 1050. The Morgan fingerprint density at radius 1 is 1.30 bits per heavy atom. The van der Waals surface area contributed by atoms with Crippen LogP contribution in [0.2, 0.25) is 0 Å². The first kappa shape index (κ1) is 17.7. The summed E-state index contributed by atoms with van der Waals surface area (Å²) in [7, 11) is 0. The van der Waals surface area contributed by atoms with Gasteiger partial charge in [0.1, 0.15) is 5.76 Å². The van der Waals surface area contributed by atoms with Crippen molar-refractivity contribution < 1.29 is 8.83 Å². The van der Waals surface area contributed by atoms with Gasteiger partial charge in [0.15, 0.2) is 11.0 Å². The minimum absolute atomic E-state index is 0.0720. The fourth-order valence-electron chi connectivity index (χ4n) is 2.59. The largest absolute Gasteiger partial charge is 0.469 e. The molecule has 138 valence electrons. The number of nitrogens with zero attached hydrogens (tertiary/aromatic N) is 5. The van der Waals surface area contributed by atoms with E-state index in [1.165, 1.54) is 11.8 Å². The third-order valence-corrected chi connectivity index (χ3v) is 5.86. The third-order valence-electron chi connectivity index (χ3n) is 3.93. The van der Waals surface area contributed by atoms with Crippen molar-refractivity contribution >= 4 is 23.1 Å². The first-order valence-electron chi connectivity index (χ1n) is 8.30. The minimum atomic E-state index is -0.0720. The van der Waals surface area contributed by atoms with Gasteiger partial charge in [0.25, 0.3) is 5.89 Å². The smallest absolute Gasteiger partial charge is 0.257 e. The summed E-state index contributed by atoms with van der Waals surface area (Å²) < 4.78 is 13.2. The summed E-state index contributed by atoms with van der Waals surface area (Å²) in [6.45, 7) is 8.34. The number of hydrogen-bond donors (Lipinski definition) is 0. The highest BCUT2D eigenvalue weighted by Crippen LogP contribution is 2.36. The number of thiophene rings is 1. The first-order chi connectivity index (χ1) is 13.2. The Kier molecular flexibility index (Phi) is 4.95. The molecule has 0 aliphatic rings. The Hall–Kier alpha value is -2.65. The van der Waals surface area contributed by atoms with Crippen LogP contribution in [0.5, 0.6) is 0 Å². The van der Waals surface area contributed by atoms with Crippen molar-refractivity contribution in [1.29, 1.82) is 0 Å². The van der Waals surface area contributed by atoms with Crippen LogP contribution in [-0.4, -0.2) is 25.0 Å². The number of hydrogen-bond acceptors (Lipinski definition) is 8. The molecule has 0 fully saturated rings. The molecule has 4 aromatic rings. The van der Waals surface area contributed by atoms with Crippen LogP contribution in [-0.2, 0) is 6.54 Å². The molecular formula is C18H17N5O2S2. The van der Waals surface area contributed by atoms with E-state index in [1.807, 2.05) is 48.1 Å². The van der Waals surface area contributed by atoms with Crippen molar-refractivity contribution in [3.05, 3.63) is 54.1 Å². The van der Waals surface area contributed by atoms with Crippen LogP contribution >= 0.6 is 23.1 Å². The molecule has 7 nitrogen and oxygen atoms in total. The average Bonchev–Trinajstić information content (AvgIpc) is 3.42. The van der Waals surface area contributed by atoms with Crippen LogP contribution in [0.4, 0.5) is 0 Å². The second-order valence-electron chi connectivity index (χ2n) is 5.78. The van der Waals surface area contributed by atoms with Gasteiger partial charge in [0, 0.05) is 6.54 Å². The molecule has 0 saturated heterocycles. The molecule has 0 N–H and O–H groups in total. The summed E-state index contributed by atoms with van der Waals surface area (Å²) >= 11 is 3.08. The summed E-state index contributed by atoms with van der Waals surface area (Å²) in [6.07, 6.45) is 3.47. The van der Waals surface area contributed by atoms with Crippen LogP contribution in [0.15, 0.2) is 56.5 Å². The molecule has 1 unspecified atom stereocenters. The Balaban J connectivity index is 1.60. The van der Waals surface area contributed by atoms with E-state index in [4.69, 9.17) is 8.83 Å². The summed E-state index contributed by atoms with van der Waals surface area (Å²) in [6, 6.07) is 5.81. The van der Waals surface area contributed by atoms with E-state index in [9.17, 15) is 0 Å². The van der Waals surface area contributed by atoms with Gasteiger partial charge < -0.3 is 8.83 Å². The van der Waals surface area contributed by atoms with Crippen LogP contribution in [0, 0.1) is 6.92 Å². The van der Waals surface area contributed by atoms with E-state index in [-0.39, 0.29) is 5.25 Å². The summed E-state index contributed by atoms with van der Waals surface area (Å²) in [5.41, 5.74) is 0.918. The zero-order chi connectivity index (χ0) is 18.8. The highest BCUT2D eigenvalue weighted by Gasteiger charge is 2.22. The lowest BCUT2D eigenvalue weighted by atomic mass is 10.2. The molecule has 4 aromatic heterocycles. The molecule has 9 heteroatoms. The van der Waals surface area contributed by atoms with E-state index < -0.39 is 0 Å². The van der Waals surface area contributed by atoms with Crippen LogP contribution < -0.4 is 0 Å². The molecule has 0 saturated carbocycles. The van der Waals surface area contributed by atoms with Gasteiger partial charge >= 0.3 is 0 Å². The van der Waals surface area contributed by atoms with Crippen molar-refractivity contribution in [2.24, 2.45) is 0 Å². The topological polar surface area (TPSA) is 82.8 Å². The highest BCUT2D eigenvalue weighted by atomic mass is 32.2. The normalized spacial score (nSPS) is 12.4. The standard InChI is InChI=1S/C18H17N5O2S2/c1-4-8-23-15(13-7-9-24-11(13)2)19-22-18(23)27-12(3)16-20-21-17(25-16)14-6-5-10-26-14/h4-7,9-10,12H,1,8H2,2-3H3. The average molecular weight is 400 g/mol. The molecule has 0 spiro atoms. The van der Waals surface area contributed by atoms with Crippen molar-refractivity contribution in [1.82, 2.24) is 25.0 Å². The monoisotopic (exact) mass is 399 g/mol. The van der Waals surface area contributed by atoms with E-state index in [0.29, 0.717) is 18.3 Å². The minimum Gasteiger partial charge on any atom is -0.469 e. The predicted molar refractivity (Wildman–Crippen MR) is 105 cm³/mol. The van der Waals surface area contributed by atoms with E-state index in [1.54, 1.807) is 17.6 Å². The lowest BCUT2D eigenvalue weighted by Gasteiger charge is -2.09. The van der Waals surface area contributed by atoms with Gasteiger partial charge in [0.2, 0.25) is 5.89 Å². The van der Waals surface area contributed by atoms with Crippen LogP contribution in [0.25, 0.3) is 22.2 Å². The van der Waals surface area contributed by atoms with Gasteiger partial charge in [0.05, 0.1) is 22.0 Å². The molecule has 0 aromatic carbocycles. The first-order valence-corrected chi connectivity index (χ1v) is 10.1. The summed E-state index contributed by atoms with van der Waals surface area (Å²) in [5, 5.41) is 19.7. The van der Waals surface area contributed by atoms with Crippen molar-refractivity contribution in [3.8, 4) is 22.2 Å². The molecule has 0 aliphatic carbocycles. The zero-order valence-electron chi connectivity index (χ0n) is 14.8. The molecule has 4 rings (SSSR count). The molecule has 0 aliphatic heterocycles. The Morgan fingerprint density at radius 3 is 2.89 bits per heavy atom. The van der Waals surface area contributed by atoms with Crippen molar-refractivity contribution in [2.75, 3.05) is 0 Å². The SMILES string of the molecule is C=CCn1c(SC(C)c2nnc(-c3cccs3)o2)nnc1-c1ccoc1C. The summed E-state index contributed by atoms with van der Waals surface area (Å²) in [5.74, 6) is 2.64. The molecule has 4 heterocycles. The predicted octanol–water partition coefficient (Wildman–Crippen LogP) is 5.00. The van der Waals surface area contributed by atoms with Crippen LogP contribution in [0.1, 0.15) is 23.8 Å². The van der Waals surface area contributed by atoms with E-state index in [0.717, 1.165) is 27.2 Å². The van der Waals surface area contributed by atoms with Crippen molar-refractivity contribution in [3.63, 3.8) is 0 Å². The maximum atomic E-state index is 5.83. The zero-order valence-corrected chi connectivity index (χ0v) is 16.5. The van der Waals surface area contributed by atoms with Gasteiger partial charge in [-0.3, -0.25) is 4.57 Å². The molecule has 27 heavy (non-hydrogen) atoms. The Labute approximate surface area is 164 Å². The second kappa shape index (κ2) is 7.53. The maximum absolute atomic E-state index is 5.83. The van der Waals surface area contributed by atoms with Gasteiger partial charge in [-0.25, -0.2) is 0 Å². The van der Waals surface area contributed by atoms with Gasteiger partial charge in [-0.2, -0.15) is 0 Å². The highest BCUT2D eigenvalue weighted by molar-refractivity contribution is 7.99. The number of rotatable bonds is 7. The van der Waals surface area contributed by atoms with Gasteiger partial charge in [-0.05, 0) is 31.4 Å². The van der Waals surface area contributed by atoms with Crippen molar-refractivity contribution in [2.45, 2.75) is 30.8 Å². The number of furan rings is 1. The van der Waals surface area contributed by atoms with E-state index >= 15 is 0 Å². The number of aryl methyl sites for hydroxylation is 1. The molecule has 0 radical (unpaired) electrons. The van der Waals surface area contributed by atoms with E-state index in [2.05, 4.69) is 27.0 Å². The fraction of sp³-hybridized carbons (Fsp3) is 0.222. The lowest BCUT2D eigenvalue weighted by molar-refractivity contribution is 0.509. The maximum Gasteiger partial charge on any atom is 0.257 e. The number of allylic oxidation sites excluding steroid dienone is 1. The third kappa shape index (κ3) is 3.47. The number of thioether (sulfide) groups is 1. The molecule has 1 atom stereocenters. The summed E-state index contributed by atoms with van der Waals surface area (Å²) in [4.78, 5) is 0.957. The van der Waals surface area contributed by atoms with Crippen LogP contribution in [0.3, 0.4) is 0 Å². The molecular weight excluding hydrogens is 382 g/mol. The molecule has 0 bridgehead atoms. The van der Waals surface area contributed by atoms with Gasteiger partial charge in [-0.15, -0.1) is 38.3 Å². The molecule has 0 amide bonds. The second-order valence-corrected chi connectivity index (χ2v) is 8.03. The number of aromatic nitrogens is 5. The fourth-order valence-corrected chi connectivity index (χ4v) is 4.13.